The van der Waals surface area contributed by atoms with Gasteiger partial charge in [0.2, 0.25) is 0 Å². The summed E-state index contributed by atoms with van der Waals surface area (Å²) in [4.78, 5) is 0. The first-order chi connectivity index (χ1) is 3.91. The summed E-state index contributed by atoms with van der Waals surface area (Å²) < 4.78 is 4.82. The summed E-state index contributed by atoms with van der Waals surface area (Å²) in [6.07, 6.45) is 3.87. The summed E-state index contributed by atoms with van der Waals surface area (Å²) in [7, 11) is 0. The Morgan fingerprint density at radius 2 is 2.38 bits per heavy atom. The van der Waals surface area contributed by atoms with Crippen molar-refractivity contribution in [2.45, 2.75) is 13.3 Å². The van der Waals surface area contributed by atoms with Crippen LogP contribution < -0.4 is 0 Å². The van der Waals surface area contributed by atoms with Gasteiger partial charge in [0.15, 0.2) is 0 Å². The molecule has 47 valence electrons. The van der Waals surface area contributed by atoms with E-state index in [4.69, 9.17) is 4.74 Å². The minimum absolute atomic E-state index is 0.0520. The van der Waals surface area contributed by atoms with E-state index < -0.39 is 0 Å². The van der Waals surface area contributed by atoms with E-state index in [0.29, 0.717) is 13.0 Å². The van der Waals surface area contributed by atoms with Crippen LogP contribution in [0.3, 0.4) is 0 Å². The van der Waals surface area contributed by atoms with Crippen LogP contribution in [-0.4, -0.2) is 13.2 Å². The maximum Gasteiger partial charge on any atom is 0.0858 e. The van der Waals surface area contributed by atoms with Gasteiger partial charge in [0, 0.05) is 0 Å². The second-order valence-corrected chi connectivity index (χ2v) is 1.32. The molecule has 2 nitrogen and oxygen atoms in total. The van der Waals surface area contributed by atoms with E-state index >= 15 is 0 Å². The van der Waals surface area contributed by atoms with E-state index in [0.717, 1.165) is 0 Å². The lowest BCUT2D eigenvalue weighted by molar-refractivity contribution is 0.197. The molecule has 0 aromatic rings. The molecular formula is C6H11O2. The minimum Gasteiger partial charge on any atom is -0.502 e. The first kappa shape index (κ1) is 7.50. The van der Waals surface area contributed by atoms with E-state index in [1.54, 1.807) is 12.3 Å². The number of hydrogen-bond donors (Lipinski definition) is 0. The van der Waals surface area contributed by atoms with Gasteiger partial charge >= 0.3 is 0 Å². The van der Waals surface area contributed by atoms with Crippen molar-refractivity contribution in [3.63, 3.8) is 0 Å². The van der Waals surface area contributed by atoms with Gasteiger partial charge in [-0.1, -0.05) is 0 Å². The summed E-state index contributed by atoms with van der Waals surface area (Å²) in [6.45, 7) is 2.53. The molecule has 0 aliphatic heterocycles. The molecule has 2 heteroatoms. The van der Waals surface area contributed by atoms with Gasteiger partial charge in [-0.05, 0) is 19.4 Å². The van der Waals surface area contributed by atoms with Crippen LogP contribution in [0.15, 0.2) is 12.3 Å². The summed E-state index contributed by atoms with van der Waals surface area (Å²) in [5, 5.41) is 9.79. The van der Waals surface area contributed by atoms with Crippen molar-refractivity contribution in [1.29, 1.82) is 0 Å². The molecule has 0 N–H and O–H groups in total. The molecule has 0 saturated heterocycles. The molecule has 0 heterocycles. The summed E-state index contributed by atoms with van der Waals surface area (Å²) in [5.74, 6) is 0. The van der Waals surface area contributed by atoms with E-state index in [2.05, 4.69) is 0 Å². The van der Waals surface area contributed by atoms with Gasteiger partial charge in [0.1, 0.15) is 0 Å². The van der Waals surface area contributed by atoms with Crippen molar-refractivity contribution in [2.75, 3.05) is 13.2 Å². The number of rotatable bonds is 4. The second-order valence-electron chi connectivity index (χ2n) is 1.32. The van der Waals surface area contributed by atoms with Gasteiger partial charge in [0.05, 0.1) is 19.5 Å². The van der Waals surface area contributed by atoms with E-state index in [9.17, 15) is 5.11 Å². The van der Waals surface area contributed by atoms with Crippen molar-refractivity contribution < 1.29 is 9.84 Å². The lowest BCUT2D eigenvalue weighted by Crippen LogP contribution is -1.78. The highest BCUT2D eigenvalue weighted by Gasteiger charge is 1.73. The highest BCUT2D eigenvalue weighted by Crippen LogP contribution is 1.81. The molecule has 0 aromatic carbocycles. The Bertz CT molecular complexity index is 51.5. The molecule has 0 bridgehead atoms. The van der Waals surface area contributed by atoms with Crippen molar-refractivity contribution >= 4 is 0 Å². The number of ether oxygens (including phenoxy) is 1. The van der Waals surface area contributed by atoms with Crippen LogP contribution in [0.25, 0.3) is 0 Å². The standard InChI is InChI=1S/C6H11O2/c1-2-8-6-4-3-5-7/h4,6H,2-3,5H2,1H3/b6-4+. The van der Waals surface area contributed by atoms with Crippen molar-refractivity contribution in [2.24, 2.45) is 0 Å². The molecule has 0 spiro atoms. The maximum atomic E-state index is 9.79. The molecule has 0 aliphatic carbocycles. The Balaban J connectivity index is 2.83. The van der Waals surface area contributed by atoms with Crippen LogP contribution in [0, 0.1) is 0 Å². The maximum absolute atomic E-state index is 9.79. The molecule has 1 radical (unpaired) electrons. The minimum atomic E-state index is -0.0520. The highest BCUT2D eigenvalue weighted by molar-refractivity contribution is 4.71. The smallest absolute Gasteiger partial charge is 0.0858 e. The Morgan fingerprint density at radius 3 is 2.88 bits per heavy atom. The van der Waals surface area contributed by atoms with E-state index in [1.807, 2.05) is 6.92 Å². The zero-order valence-corrected chi connectivity index (χ0v) is 5.09. The zero-order chi connectivity index (χ0) is 6.24. The van der Waals surface area contributed by atoms with E-state index in [-0.39, 0.29) is 6.61 Å². The van der Waals surface area contributed by atoms with Gasteiger partial charge in [-0.25, -0.2) is 5.11 Å². The highest BCUT2D eigenvalue weighted by atomic mass is 16.5. The SMILES string of the molecule is CCO/C=C/CC[O]. The van der Waals surface area contributed by atoms with Crippen molar-refractivity contribution in [3.8, 4) is 0 Å². The normalized spacial score (nSPS) is 10.2. The molecule has 0 rings (SSSR count). The van der Waals surface area contributed by atoms with Gasteiger partial charge in [0.25, 0.3) is 0 Å². The molecular weight excluding hydrogens is 104 g/mol. The van der Waals surface area contributed by atoms with Crippen molar-refractivity contribution in [1.82, 2.24) is 0 Å². The first-order valence-electron chi connectivity index (χ1n) is 2.76. The van der Waals surface area contributed by atoms with Crippen LogP contribution in [0.1, 0.15) is 13.3 Å². The molecule has 0 fully saturated rings. The van der Waals surface area contributed by atoms with Crippen LogP contribution >= 0.6 is 0 Å². The Hall–Kier alpha value is -0.500. The summed E-state index contributed by atoms with van der Waals surface area (Å²) in [6, 6.07) is 0. The fourth-order valence-corrected chi connectivity index (χ4v) is 0.300. The van der Waals surface area contributed by atoms with Gasteiger partial charge in [-0.3, -0.25) is 0 Å². The van der Waals surface area contributed by atoms with Gasteiger partial charge in [-0.15, -0.1) is 0 Å². The van der Waals surface area contributed by atoms with Crippen LogP contribution in [0.5, 0.6) is 0 Å². The molecule has 0 unspecified atom stereocenters. The molecule has 0 atom stereocenters. The zero-order valence-electron chi connectivity index (χ0n) is 5.09. The van der Waals surface area contributed by atoms with Gasteiger partial charge < -0.3 is 4.74 Å². The molecule has 0 aliphatic rings. The predicted octanol–water partition coefficient (Wildman–Crippen LogP) is 1.36. The number of hydrogen-bond acceptors (Lipinski definition) is 1. The van der Waals surface area contributed by atoms with Crippen LogP contribution in [-0.2, 0) is 9.84 Å². The van der Waals surface area contributed by atoms with Crippen LogP contribution in [0.2, 0.25) is 0 Å². The Labute approximate surface area is 49.8 Å². The predicted molar refractivity (Wildman–Crippen MR) is 30.9 cm³/mol. The fraction of sp³-hybridized carbons (Fsp3) is 0.667. The van der Waals surface area contributed by atoms with Crippen molar-refractivity contribution in [3.05, 3.63) is 12.3 Å². The average molecular weight is 115 g/mol. The topological polar surface area (TPSA) is 29.1 Å². The third-order valence-electron chi connectivity index (χ3n) is 0.644. The third-order valence-corrected chi connectivity index (χ3v) is 0.644. The Morgan fingerprint density at radius 1 is 1.62 bits per heavy atom. The summed E-state index contributed by atoms with van der Waals surface area (Å²) >= 11 is 0. The van der Waals surface area contributed by atoms with Gasteiger partial charge in [-0.2, -0.15) is 0 Å². The largest absolute Gasteiger partial charge is 0.502 e. The van der Waals surface area contributed by atoms with E-state index in [1.165, 1.54) is 0 Å². The average Bonchev–Trinajstić information content (AvgIpc) is 1.81. The lowest BCUT2D eigenvalue weighted by Gasteiger charge is -1.89. The second kappa shape index (κ2) is 6.50. The quantitative estimate of drug-likeness (QED) is 0.508. The monoisotopic (exact) mass is 115 g/mol. The molecule has 0 amide bonds. The summed E-state index contributed by atoms with van der Waals surface area (Å²) in [5.41, 5.74) is 0. The third kappa shape index (κ3) is 5.50. The molecule has 8 heavy (non-hydrogen) atoms. The molecule has 0 saturated carbocycles. The van der Waals surface area contributed by atoms with Crippen LogP contribution in [0.4, 0.5) is 0 Å². The molecule has 0 aromatic heterocycles. The Kier molecular flexibility index (Phi) is 6.09. The lowest BCUT2D eigenvalue weighted by atomic mass is 10.4. The fourth-order valence-electron chi connectivity index (χ4n) is 0.300. The first-order valence-corrected chi connectivity index (χ1v) is 2.76.